The van der Waals surface area contributed by atoms with Gasteiger partial charge < -0.3 is 5.32 Å². The van der Waals surface area contributed by atoms with Crippen LogP contribution < -0.4 is 5.32 Å². The van der Waals surface area contributed by atoms with Crippen LogP contribution in [0.4, 0.5) is 5.69 Å². The van der Waals surface area contributed by atoms with E-state index >= 15 is 0 Å². The highest BCUT2D eigenvalue weighted by molar-refractivity contribution is 5.47. The molecule has 0 radical (unpaired) electrons. The van der Waals surface area contributed by atoms with Gasteiger partial charge in [0.1, 0.15) is 0 Å². The summed E-state index contributed by atoms with van der Waals surface area (Å²) < 4.78 is 1.79. The first-order valence-corrected chi connectivity index (χ1v) is 4.83. The predicted molar refractivity (Wildman–Crippen MR) is 55.9 cm³/mol. The third-order valence-corrected chi connectivity index (χ3v) is 2.04. The molecule has 1 N–H and O–H groups in total. The summed E-state index contributed by atoms with van der Waals surface area (Å²) in [6, 6.07) is 2.32. The molecular weight excluding hydrogens is 176 g/mol. The van der Waals surface area contributed by atoms with Crippen LogP contribution in [0.15, 0.2) is 6.20 Å². The van der Waals surface area contributed by atoms with E-state index in [1.54, 1.807) is 4.68 Å². The van der Waals surface area contributed by atoms with E-state index in [-0.39, 0.29) is 6.04 Å². The van der Waals surface area contributed by atoms with Gasteiger partial charge in [0.25, 0.3) is 0 Å². The molecule has 1 aromatic rings. The monoisotopic (exact) mass is 192 g/mol. The Kier molecular flexibility index (Phi) is 3.52. The van der Waals surface area contributed by atoms with Gasteiger partial charge in [0.15, 0.2) is 0 Å². The maximum Gasteiger partial charge on any atom is 0.0853 e. The Morgan fingerprint density at radius 1 is 1.71 bits per heavy atom. The molecule has 0 aromatic carbocycles. The lowest BCUT2D eigenvalue weighted by Crippen LogP contribution is -2.14. The summed E-state index contributed by atoms with van der Waals surface area (Å²) in [4.78, 5) is 0. The Bertz CT molecular complexity index is 334. The average molecular weight is 192 g/mol. The Labute approximate surface area is 84.5 Å². The zero-order chi connectivity index (χ0) is 10.6. The van der Waals surface area contributed by atoms with Crippen molar-refractivity contribution in [2.24, 2.45) is 7.05 Å². The van der Waals surface area contributed by atoms with Crippen molar-refractivity contribution in [3.05, 3.63) is 11.9 Å². The standard InChI is InChI=1S/C10H16N4/c1-4-9-10(7-14(3)13-9)12-8(2)5-6-11/h7-8,12H,4-5H2,1-3H3. The van der Waals surface area contributed by atoms with E-state index in [1.165, 1.54) is 0 Å². The van der Waals surface area contributed by atoms with Gasteiger partial charge in [-0.3, -0.25) is 4.68 Å². The Balaban J connectivity index is 2.70. The first-order valence-electron chi connectivity index (χ1n) is 4.83. The van der Waals surface area contributed by atoms with E-state index in [2.05, 4.69) is 23.4 Å². The van der Waals surface area contributed by atoms with Gasteiger partial charge in [-0.2, -0.15) is 10.4 Å². The molecule has 0 saturated heterocycles. The lowest BCUT2D eigenvalue weighted by atomic mass is 10.2. The molecule has 0 aliphatic carbocycles. The van der Waals surface area contributed by atoms with E-state index in [1.807, 2.05) is 20.2 Å². The minimum absolute atomic E-state index is 0.175. The van der Waals surface area contributed by atoms with E-state index in [0.29, 0.717) is 6.42 Å². The number of rotatable bonds is 4. The van der Waals surface area contributed by atoms with E-state index in [0.717, 1.165) is 17.8 Å². The zero-order valence-corrected chi connectivity index (χ0v) is 8.91. The summed E-state index contributed by atoms with van der Waals surface area (Å²) in [5.41, 5.74) is 2.09. The molecule has 1 atom stereocenters. The third-order valence-electron chi connectivity index (χ3n) is 2.04. The van der Waals surface area contributed by atoms with Gasteiger partial charge in [0.2, 0.25) is 0 Å². The van der Waals surface area contributed by atoms with Crippen LogP contribution in [0.25, 0.3) is 0 Å². The highest BCUT2D eigenvalue weighted by Gasteiger charge is 2.08. The lowest BCUT2D eigenvalue weighted by Gasteiger charge is -2.10. The smallest absolute Gasteiger partial charge is 0.0853 e. The first-order chi connectivity index (χ1) is 6.67. The van der Waals surface area contributed by atoms with Gasteiger partial charge in [-0.15, -0.1) is 0 Å². The largest absolute Gasteiger partial charge is 0.379 e. The molecule has 0 aliphatic rings. The molecule has 0 fully saturated rings. The number of nitrogens with one attached hydrogen (secondary N) is 1. The Hall–Kier alpha value is -1.50. The lowest BCUT2D eigenvalue weighted by molar-refractivity contribution is 0.746. The van der Waals surface area contributed by atoms with Crippen molar-refractivity contribution in [2.75, 3.05) is 5.32 Å². The topological polar surface area (TPSA) is 53.6 Å². The van der Waals surface area contributed by atoms with Gasteiger partial charge >= 0.3 is 0 Å². The molecule has 0 saturated carbocycles. The van der Waals surface area contributed by atoms with E-state index in [4.69, 9.17) is 5.26 Å². The van der Waals surface area contributed by atoms with Crippen molar-refractivity contribution in [1.29, 1.82) is 5.26 Å². The number of hydrogen-bond acceptors (Lipinski definition) is 3. The average Bonchev–Trinajstić information content (AvgIpc) is 2.46. The minimum Gasteiger partial charge on any atom is -0.379 e. The highest BCUT2D eigenvalue weighted by atomic mass is 15.3. The Morgan fingerprint density at radius 2 is 2.43 bits per heavy atom. The van der Waals surface area contributed by atoms with Gasteiger partial charge in [-0.25, -0.2) is 0 Å². The number of hydrogen-bond donors (Lipinski definition) is 1. The molecule has 4 heteroatoms. The maximum absolute atomic E-state index is 8.54. The summed E-state index contributed by atoms with van der Waals surface area (Å²) >= 11 is 0. The summed E-state index contributed by atoms with van der Waals surface area (Å²) in [6.45, 7) is 4.07. The third kappa shape index (κ3) is 2.49. The molecule has 0 amide bonds. The molecule has 0 aliphatic heterocycles. The summed E-state index contributed by atoms with van der Waals surface area (Å²) in [5, 5.41) is 16.1. The van der Waals surface area contributed by atoms with Gasteiger partial charge in [-0.05, 0) is 13.3 Å². The first kappa shape index (κ1) is 10.6. The summed E-state index contributed by atoms with van der Waals surface area (Å²) in [7, 11) is 1.90. The van der Waals surface area contributed by atoms with Crippen LogP contribution in [0.3, 0.4) is 0 Å². The normalized spacial score (nSPS) is 12.1. The second kappa shape index (κ2) is 4.66. The van der Waals surface area contributed by atoms with E-state index < -0.39 is 0 Å². The Morgan fingerprint density at radius 3 is 3.00 bits per heavy atom. The molecule has 14 heavy (non-hydrogen) atoms. The maximum atomic E-state index is 8.54. The van der Waals surface area contributed by atoms with Crippen LogP contribution in [0.1, 0.15) is 26.0 Å². The number of nitrogens with zero attached hydrogens (tertiary/aromatic N) is 3. The van der Waals surface area contributed by atoms with Crippen molar-refractivity contribution in [2.45, 2.75) is 32.7 Å². The molecule has 1 unspecified atom stereocenters. The molecule has 4 nitrogen and oxygen atoms in total. The van der Waals surface area contributed by atoms with Crippen LogP contribution in [0, 0.1) is 11.3 Å². The quantitative estimate of drug-likeness (QED) is 0.790. The van der Waals surface area contributed by atoms with Crippen LogP contribution >= 0.6 is 0 Å². The van der Waals surface area contributed by atoms with Gasteiger partial charge in [0.05, 0.1) is 23.9 Å². The minimum atomic E-state index is 0.175. The molecule has 1 aromatic heterocycles. The molecular formula is C10H16N4. The van der Waals surface area contributed by atoms with Crippen LogP contribution in [-0.2, 0) is 13.5 Å². The van der Waals surface area contributed by atoms with Crippen LogP contribution in [0.5, 0.6) is 0 Å². The number of anilines is 1. The fraction of sp³-hybridized carbons (Fsp3) is 0.600. The van der Waals surface area contributed by atoms with E-state index in [9.17, 15) is 0 Å². The van der Waals surface area contributed by atoms with Crippen molar-refractivity contribution in [1.82, 2.24) is 9.78 Å². The number of nitriles is 1. The van der Waals surface area contributed by atoms with Crippen LogP contribution in [0.2, 0.25) is 0 Å². The van der Waals surface area contributed by atoms with Crippen molar-refractivity contribution < 1.29 is 0 Å². The second-order valence-corrected chi connectivity index (χ2v) is 3.42. The van der Waals surface area contributed by atoms with Crippen molar-refractivity contribution in [3.8, 4) is 6.07 Å². The summed E-state index contributed by atoms with van der Waals surface area (Å²) in [5.74, 6) is 0. The number of aryl methyl sites for hydroxylation is 2. The second-order valence-electron chi connectivity index (χ2n) is 3.42. The highest BCUT2D eigenvalue weighted by Crippen LogP contribution is 2.15. The molecule has 76 valence electrons. The fourth-order valence-corrected chi connectivity index (χ4v) is 1.37. The molecule has 1 heterocycles. The number of aromatic nitrogens is 2. The molecule has 0 bridgehead atoms. The van der Waals surface area contributed by atoms with Crippen molar-refractivity contribution >= 4 is 5.69 Å². The van der Waals surface area contributed by atoms with Gasteiger partial charge in [-0.1, -0.05) is 6.92 Å². The SMILES string of the molecule is CCc1nn(C)cc1NC(C)CC#N. The van der Waals surface area contributed by atoms with Crippen molar-refractivity contribution in [3.63, 3.8) is 0 Å². The summed E-state index contributed by atoms with van der Waals surface area (Å²) in [6.07, 6.45) is 3.37. The predicted octanol–water partition coefficient (Wildman–Crippen LogP) is 1.70. The van der Waals surface area contributed by atoms with Gasteiger partial charge in [0, 0.05) is 19.3 Å². The molecule has 1 rings (SSSR count). The van der Waals surface area contributed by atoms with Crippen LogP contribution in [-0.4, -0.2) is 15.8 Å². The molecule has 0 spiro atoms. The fourth-order valence-electron chi connectivity index (χ4n) is 1.37. The zero-order valence-electron chi connectivity index (χ0n) is 8.91.